The van der Waals surface area contributed by atoms with Gasteiger partial charge in [0.05, 0.1) is 0 Å². The fraction of sp³-hybridized carbons (Fsp3) is 0.833. The van der Waals surface area contributed by atoms with Gasteiger partial charge >= 0.3 is 6.09 Å². The number of piperidine rings is 2. The topological polar surface area (TPSA) is 46.6 Å². The van der Waals surface area contributed by atoms with Crippen LogP contribution in [0.1, 0.15) is 40.0 Å². The first kappa shape index (κ1) is 11.4. The molecule has 0 aromatic carbocycles. The van der Waals surface area contributed by atoms with Gasteiger partial charge in [-0.1, -0.05) is 0 Å². The van der Waals surface area contributed by atoms with E-state index in [0.29, 0.717) is 18.7 Å². The summed E-state index contributed by atoms with van der Waals surface area (Å²) in [7, 11) is 0. The minimum absolute atomic E-state index is 0.0533. The third kappa shape index (κ3) is 2.20. The molecule has 2 aliphatic heterocycles. The van der Waals surface area contributed by atoms with Crippen LogP contribution in [0, 0.1) is 5.92 Å². The molecule has 2 bridgehead atoms. The predicted octanol–water partition coefficient (Wildman–Crippen LogP) is 1.97. The van der Waals surface area contributed by atoms with E-state index < -0.39 is 5.60 Å². The molecular weight excluding hydrogens is 206 g/mol. The zero-order valence-electron chi connectivity index (χ0n) is 10.2. The van der Waals surface area contributed by atoms with Crippen LogP contribution in [0.4, 0.5) is 4.79 Å². The number of fused-ring (bicyclic) bond motifs is 3. The van der Waals surface area contributed by atoms with Gasteiger partial charge in [0.25, 0.3) is 0 Å². The van der Waals surface area contributed by atoms with Crippen LogP contribution in [0.3, 0.4) is 0 Å². The number of hydrogen-bond donors (Lipinski definition) is 0. The number of amides is 1. The Bertz CT molecular complexity index is 319. The zero-order valence-corrected chi connectivity index (χ0v) is 10.2. The monoisotopic (exact) mass is 225 g/mol. The van der Waals surface area contributed by atoms with E-state index in [-0.39, 0.29) is 18.1 Å². The highest BCUT2D eigenvalue weighted by atomic mass is 16.6. The molecule has 4 heteroatoms. The second-order valence-corrected chi connectivity index (χ2v) is 5.73. The quantitative estimate of drug-likeness (QED) is 0.633. The van der Waals surface area contributed by atoms with Crippen LogP contribution >= 0.6 is 0 Å². The molecule has 0 radical (unpaired) electrons. The molecule has 0 N–H and O–H groups in total. The first-order chi connectivity index (χ1) is 7.37. The molecule has 4 nitrogen and oxygen atoms in total. The third-order valence-electron chi connectivity index (χ3n) is 3.23. The van der Waals surface area contributed by atoms with E-state index in [9.17, 15) is 9.59 Å². The van der Waals surface area contributed by atoms with Gasteiger partial charge < -0.3 is 9.64 Å². The minimum atomic E-state index is -0.461. The van der Waals surface area contributed by atoms with Gasteiger partial charge in [-0.05, 0) is 33.6 Å². The summed E-state index contributed by atoms with van der Waals surface area (Å²) in [5.74, 6) is 0.369. The predicted molar refractivity (Wildman–Crippen MR) is 59.1 cm³/mol. The summed E-state index contributed by atoms with van der Waals surface area (Å²) < 4.78 is 5.34. The minimum Gasteiger partial charge on any atom is -0.444 e. The summed E-state index contributed by atoms with van der Waals surface area (Å²) >= 11 is 0. The van der Waals surface area contributed by atoms with Gasteiger partial charge in [-0.25, -0.2) is 4.79 Å². The first-order valence-electron chi connectivity index (χ1n) is 5.89. The Morgan fingerprint density at radius 2 is 2.06 bits per heavy atom. The Balaban J connectivity index is 2.02. The normalized spacial score (nSPS) is 29.4. The Morgan fingerprint density at radius 3 is 2.50 bits per heavy atom. The highest BCUT2D eigenvalue weighted by Gasteiger charge is 2.42. The molecule has 16 heavy (non-hydrogen) atoms. The molecule has 1 aliphatic carbocycles. The highest BCUT2D eigenvalue weighted by molar-refractivity contribution is 5.85. The van der Waals surface area contributed by atoms with Crippen LogP contribution in [0.5, 0.6) is 0 Å². The largest absolute Gasteiger partial charge is 0.444 e. The lowest BCUT2D eigenvalue weighted by molar-refractivity contribution is -0.131. The molecule has 2 heterocycles. The average molecular weight is 225 g/mol. The van der Waals surface area contributed by atoms with E-state index in [0.717, 1.165) is 12.8 Å². The summed E-state index contributed by atoms with van der Waals surface area (Å²) in [6, 6.07) is 0.0762. The Morgan fingerprint density at radius 1 is 1.38 bits per heavy atom. The maximum atomic E-state index is 11.9. The van der Waals surface area contributed by atoms with Crippen LogP contribution in [-0.4, -0.2) is 35.0 Å². The van der Waals surface area contributed by atoms with Crippen molar-refractivity contribution in [3.63, 3.8) is 0 Å². The van der Waals surface area contributed by atoms with Crippen molar-refractivity contribution in [1.82, 2.24) is 4.90 Å². The van der Waals surface area contributed by atoms with Crippen molar-refractivity contribution in [2.45, 2.75) is 51.7 Å². The summed E-state index contributed by atoms with van der Waals surface area (Å²) in [6.07, 6.45) is 2.12. The summed E-state index contributed by atoms with van der Waals surface area (Å²) in [5.41, 5.74) is -0.461. The number of ketones is 1. The maximum absolute atomic E-state index is 11.9. The van der Waals surface area contributed by atoms with Crippen molar-refractivity contribution in [3.8, 4) is 0 Å². The number of carbonyl (C=O) groups excluding carboxylic acids is 2. The van der Waals surface area contributed by atoms with Crippen molar-refractivity contribution in [2.24, 2.45) is 5.92 Å². The molecule has 0 spiro atoms. The molecule has 3 rings (SSSR count). The van der Waals surface area contributed by atoms with Crippen molar-refractivity contribution < 1.29 is 14.3 Å². The van der Waals surface area contributed by atoms with Gasteiger partial charge in [0, 0.05) is 24.9 Å². The molecule has 1 amide bonds. The van der Waals surface area contributed by atoms with Gasteiger partial charge in [0.15, 0.2) is 0 Å². The molecular formula is C12H19NO3. The van der Waals surface area contributed by atoms with Gasteiger partial charge in [-0.3, -0.25) is 4.79 Å². The number of ether oxygens (including phenoxy) is 1. The molecule has 3 aliphatic rings. The van der Waals surface area contributed by atoms with Crippen molar-refractivity contribution in [1.29, 1.82) is 0 Å². The van der Waals surface area contributed by atoms with Crippen LogP contribution in [-0.2, 0) is 9.53 Å². The van der Waals surface area contributed by atoms with E-state index in [4.69, 9.17) is 4.74 Å². The molecule has 2 saturated heterocycles. The molecule has 0 aromatic heterocycles. The number of hydrogen-bond acceptors (Lipinski definition) is 3. The molecule has 1 saturated carbocycles. The molecule has 90 valence electrons. The standard InChI is InChI=1S/C12H19NO3/c1-12(2,3)16-11(15)13-7-8-4-5-9(13)6-10(8)14/h8-9H,4-7H2,1-3H3/t8-,9+/m1/s1. The second-order valence-electron chi connectivity index (χ2n) is 5.73. The van der Waals surface area contributed by atoms with Crippen LogP contribution in [0.15, 0.2) is 0 Å². The lowest BCUT2D eigenvalue weighted by Gasteiger charge is -2.44. The summed E-state index contributed by atoms with van der Waals surface area (Å²) in [4.78, 5) is 25.2. The van der Waals surface area contributed by atoms with Crippen molar-refractivity contribution >= 4 is 11.9 Å². The van der Waals surface area contributed by atoms with Crippen LogP contribution in [0.2, 0.25) is 0 Å². The lowest BCUT2D eigenvalue weighted by Crippen LogP contribution is -2.55. The van der Waals surface area contributed by atoms with Crippen molar-refractivity contribution in [2.75, 3.05) is 6.54 Å². The Kier molecular flexibility index (Phi) is 2.68. The van der Waals surface area contributed by atoms with Crippen LogP contribution in [0.25, 0.3) is 0 Å². The average Bonchev–Trinajstić information content (AvgIpc) is 2.15. The number of Topliss-reactive ketones (excluding diaryl/α,β-unsaturated/α-hetero) is 1. The fourth-order valence-corrected chi connectivity index (χ4v) is 2.45. The van der Waals surface area contributed by atoms with E-state index in [2.05, 4.69) is 0 Å². The van der Waals surface area contributed by atoms with E-state index in [1.807, 2.05) is 20.8 Å². The van der Waals surface area contributed by atoms with Gasteiger partial charge in [-0.15, -0.1) is 0 Å². The number of nitrogens with zero attached hydrogens (tertiary/aromatic N) is 1. The number of carbonyl (C=O) groups is 2. The smallest absolute Gasteiger partial charge is 0.410 e. The number of rotatable bonds is 0. The summed E-state index contributed by atoms with van der Waals surface area (Å²) in [6.45, 7) is 6.13. The fourth-order valence-electron chi connectivity index (χ4n) is 2.45. The first-order valence-corrected chi connectivity index (χ1v) is 5.89. The van der Waals surface area contributed by atoms with Gasteiger partial charge in [-0.2, -0.15) is 0 Å². The SMILES string of the molecule is CC(C)(C)OC(=O)N1C[C@H]2CC[C@H]1CC2=O. The molecule has 0 aromatic rings. The maximum Gasteiger partial charge on any atom is 0.410 e. The van der Waals surface area contributed by atoms with Gasteiger partial charge in [0.2, 0.25) is 0 Å². The van der Waals surface area contributed by atoms with Crippen LogP contribution < -0.4 is 0 Å². The molecule has 0 unspecified atom stereocenters. The summed E-state index contributed by atoms with van der Waals surface area (Å²) in [5, 5.41) is 0. The third-order valence-corrected chi connectivity index (χ3v) is 3.23. The second kappa shape index (κ2) is 3.75. The Hall–Kier alpha value is -1.06. The van der Waals surface area contributed by atoms with Crippen molar-refractivity contribution in [3.05, 3.63) is 0 Å². The van der Waals surface area contributed by atoms with E-state index in [1.165, 1.54) is 0 Å². The van der Waals surface area contributed by atoms with E-state index >= 15 is 0 Å². The molecule has 3 fully saturated rings. The Labute approximate surface area is 95.9 Å². The van der Waals surface area contributed by atoms with Gasteiger partial charge in [0.1, 0.15) is 11.4 Å². The highest BCUT2D eigenvalue weighted by Crippen LogP contribution is 2.33. The van der Waals surface area contributed by atoms with E-state index in [1.54, 1.807) is 4.90 Å². The zero-order chi connectivity index (χ0) is 11.9. The lowest BCUT2D eigenvalue weighted by atomic mass is 9.79. The molecule has 2 atom stereocenters.